The van der Waals surface area contributed by atoms with Crippen LogP contribution < -0.4 is 10.6 Å². The highest BCUT2D eigenvalue weighted by molar-refractivity contribution is 5.56. The number of hydrogen-bond acceptors (Lipinski definition) is 4. The second-order valence-electron chi connectivity index (χ2n) is 4.32. The van der Waals surface area contributed by atoms with Crippen LogP contribution in [0.2, 0.25) is 0 Å². The summed E-state index contributed by atoms with van der Waals surface area (Å²) in [5.41, 5.74) is 5.37. The molecule has 0 fully saturated rings. The van der Waals surface area contributed by atoms with Gasteiger partial charge in [0.1, 0.15) is 5.69 Å². The van der Waals surface area contributed by atoms with Crippen LogP contribution in [0.3, 0.4) is 0 Å². The van der Waals surface area contributed by atoms with E-state index in [-0.39, 0.29) is 17.4 Å². The second-order valence-corrected chi connectivity index (χ2v) is 4.32. The Morgan fingerprint density at radius 1 is 1.21 bits per heavy atom. The van der Waals surface area contributed by atoms with Crippen molar-refractivity contribution >= 4 is 11.4 Å². The summed E-state index contributed by atoms with van der Waals surface area (Å²) < 4.78 is 37.9. The van der Waals surface area contributed by atoms with Crippen LogP contribution in [0, 0.1) is 11.6 Å². The van der Waals surface area contributed by atoms with E-state index in [0.717, 1.165) is 12.1 Å². The highest BCUT2D eigenvalue weighted by Crippen LogP contribution is 2.27. The van der Waals surface area contributed by atoms with Crippen molar-refractivity contribution in [3.05, 3.63) is 23.8 Å². The third-order valence-corrected chi connectivity index (χ3v) is 2.80. The maximum Gasteiger partial charge on any atom is 0.151 e. The number of nitrogens with zero attached hydrogens (tertiary/aromatic N) is 1. The van der Waals surface area contributed by atoms with Crippen molar-refractivity contribution in [3.63, 3.8) is 0 Å². The Bertz CT molecular complexity index is 393. The normalized spacial score (nSPS) is 12.5. The lowest BCUT2D eigenvalue weighted by Gasteiger charge is -2.31. The van der Waals surface area contributed by atoms with Crippen molar-refractivity contribution in [3.8, 4) is 0 Å². The van der Waals surface area contributed by atoms with E-state index < -0.39 is 11.6 Å². The Morgan fingerprint density at radius 2 is 1.79 bits per heavy atom. The molecule has 0 heterocycles. The lowest BCUT2D eigenvalue weighted by Crippen LogP contribution is -2.39. The molecule has 0 aromatic heterocycles. The predicted octanol–water partition coefficient (Wildman–Crippen LogP) is 2.03. The fraction of sp³-hybridized carbons (Fsp3) is 0.538. The highest BCUT2D eigenvalue weighted by Gasteiger charge is 2.22. The zero-order valence-corrected chi connectivity index (χ0v) is 11.5. The quantitative estimate of drug-likeness (QED) is 0.773. The van der Waals surface area contributed by atoms with Crippen molar-refractivity contribution in [2.75, 3.05) is 44.6 Å². The largest absolute Gasteiger partial charge is 0.399 e. The number of nitrogens with two attached hydrogens (primary N) is 1. The zero-order chi connectivity index (χ0) is 14.4. The Kier molecular flexibility index (Phi) is 5.98. The van der Waals surface area contributed by atoms with Gasteiger partial charge in [-0.1, -0.05) is 0 Å². The molecule has 0 radical (unpaired) electrons. The number of rotatable bonds is 7. The Labute approximate surface area is 112 Å². The number of methoxy groups -OCH3 is 2. The van der Waals surface area contributed by atoms with Gasteiger partial charge in [-0.2, -0.15) is 0 Å². The van der Waals surface area contributed by atoms with Crippen LogP contribution >= 0.6 is 0 Å². The lowest BCUT2D eigenvalue weighted by atomic mass is 10.2. The fourth-order valence-electron chi connectivity index (χ4n) is 1.93. The molecule has 0 aliphatic carbocycles. The molecule has 6 heteroatoms. The summed E-state index contributed by atoms with van der Waals surface area (Å²) in [4.78, 5) is 1.58. The first kappa shape index (κ1) is 15.7. The van der Waals surface area contributed by atoms with E-state index in [1.807, 2.05) is 6.92 Å². The van der Waals surface area contributed by atoms with E-state index in [9.17, 15) is 8.78 Å². The van der Waals surface area contributed by atoms with Crippen molar-refractivity contribution < 1.29 is 18.3 Å². The predicted molar refractivity (Wildman–Crippen MR) is 71.3 cm³/mol. The molecule has 1 atom stereocenters. The van der Waals surface area contributed by atoms with Gasteiger partial charge >= 0.3 is 0 Å². The first-order chi connectivity index (χ1) is 9.01. The molecule has 1 aromatic carbocycles. The van der Waals surface area contributed by atoms with Gasteiger partial charge in [0.25, 0.3) is 0 Å². The monoisotopic (exact) mass is 274 g/mol. The molecule has 1 aromatic rings. The van der Waals surface area contributed by atoms with Gasteiger partial charge in [0.15, 0.2) is 11.6 Å². The number of hydrogen-bond donors (Lipinski definition) is 1. The molecule has 4 nitrogen and oxygen atoms in total. The molecule has 2 N–H and O–H groups in total. The smallest absolute Gasteiger partial charge is 0.151 e. The maximum atomic E-state index is 13.9. The van der Waals surface area contributed by atoms with Crippen molar-refractivity contribution in [2.45, 2.75) is 13.0 Å². The summed E-state index contributed by atoms with van der Waals surface area (Å²) in [5, 5.41) is 0. The second kappa shape index (κ2) is 7.25. The summed E-state index contributed by atoms with van der Waals surface area (Å²) >= 11 is 0. The molecule has 0 bridgehead atoms. The third-order valence-electron chi connectivity index (χ3n) is 2.80. The topological polar surface area (TPSA) is 47.7 Å². The number of halogens is 2. The van der Waals surface area contributed by atoms with E-state index in [2.05, 4.69) is 0 Å². The molecule has 1 unspecified atom stereocenters. The molecular formula is C13H20F2N2O2. The van der Waals surface area contributed by atoms with Gasteiger partial charge in [0.05, 0.1) is 13.2 Å². The first-order valence-corrected chi connectivity index (χ1v) is 6.00. The molecule has 0 spiro atoms. The maximum absolute atomic E-state index is 13.9. The summed E-state index contributed by atoms with van der Waals surface area (Å²) in [6, 6.07) is 2.03. The van der Waals surface area contributed by atoms with Gasteiger partial charge in [-0.3, -0.25) is 0 Å². The molecular weight excluding hydrogens is 254 g/mol. The van der Waals surface area contributed by atoms with Gasteiger partial charge in [-0.25, -0.2) is 8.78 Å². The Balaban J connectivity index is 3.09. The van der Waals surface area contributed by atoms with Gasteiger partial charge in [0, 0.05) is 32.5 Å². The third kappa shape index (κ3) is 4.04. The van der Waals surface area contributed by atoms with Crippen LogP contribution in [0.25, 0.3) is 0 Å². The number of anilines is 2. The van der Waals surface area contributed by atoms with Crippen LogP contribution in [-0.2, 0) is 9.47 Å². The molecule has 0 aliphatic heterocycles. The molecule has 0 saturated carbocycles. The molecule has 0 amide bonds. The standard InChI is InChI=1S/C13H20F2N2O2/c1-9(8-19-3)17(4-5-18-2)13-11(14)6-10(16)7-12(13)15/h6-7,9H,4-5,8,16H2,1-3H3. The van der Waals surface area contributed by atoms with Gasteiger partial charge in [0.2, 0.25) is 0 Å². The molecule has 19 heavy (non-hydrogen) atoms. The number of ether oxygens (including phenoxy) is 2. The zero-order valence-electron chi connectivity index (χ0n) is 11.5. The van der Waals surface area contributed by atoms with Gasteiger partial charge < -0.3 is 20.1 Å². The minimum atomic E-state index is -0.684. The first-order valence-electron chi connectivity index (χ1n) is 6.00. The van der Waals surface area contributed by atoms with Crippen LogP contribution in [-0.4, -0.2) is 40.0 Å². The van der Waals surface area contributed by atoms with E-state index in [4.69, 9.17) is 15.2 Å². The van der Waals surface area contributed by atoms with Crippen LogP contribution in [0.5, 0.6) is 0 Å². The fourth-order valence-corrected chi connectivity index (χ4v) is 1.93. The van der Waals surface area contributed by atoms with Crippen molar-refractivity contribution in [1.29, 1.82) is 0 Å². The minimum absolute atomic E-state index is 0.0600. The van der Waals surface area contributed by atoms with E-state index in [1.54, 1.807) is 12.0 Å². The van der Waals surface area contributed by atoms with Crippen LogP contribution in [0.1, 0.15) is 6.92 Å². The average molecular weight is 274 g/mol. The van der Waals surface area contributed by atoms with E-state index in [0.29, 0.717) is 19.8 Å². The highest BCUT2D eigenvalue weighted by atomic mass is 19.1. The van der Waals surface area contributed by atoms with Crippen LogP contribution in [0.15, 0.2) is 12.1 Å². The van der Waals surface area contributed by atoms with Gasteiger partial charge in [-0.15, -0.1) is 0 Å². The molecule has 1 rings (SSSR count). The lowest BCUT2D eigenvalue weighted by molar-refractivity contribution is 0.170. The van der Waals surface area contributed by atoms with Crippen LogP contribution in [0.4, 0.5) is 20.2 Å². The molecule has 0 aliphatic rings. The van der Waals surface area contributed by atoms with E-state index in [1.165, 1.54) is 7.11 Å². The summed E-state index contributed by atoms with van der Waals surface area (Å²) in [6.45, 7) is 2.90. The average Bonchev–Trinajstić information content (AvgIpc) is 2.32. The summed E-state index contributed by atoms with van der Waals surface area (Å²) in [5.74, 6) is -1.37. The Hall–Kier alpha value is -1.40. The number of nitrogen functional groups attached to an aromatic ring is 1. The number of benzene rings is 1. The van der Waals surface area contributed by atoms with E-state index >= 15 is 0 Å². The molecule has 0 saturated heterocycles. The SMILES string of the molecule is COCCN(c1c(F)cc(N)cc1F)C(C)COC. The Morgan fingerprint density at radius 3 is 2.26 bits per heavy atom. The summed E-state index contributed by atoms with van der Waals surface area (Å²) in [7, 11) is 3.08. The van der Waals surface area contributed by atoms with Crippen molar-refractivity contribution in [1.82, 2.24) is 0 Å². The minimum Gasteiger partial charge on any atom is -0.399 e. The molecule has 108 valence electrons. The summed E-state index contributed by atoms with van der Waals surface area (Å²) in [6.07, 6.45) is 0. The van der Waals surface area contributed by atoms with Gasteiger partial charge in [-0.05, 0) is 19.1 Å². The van der Waals surface area contributed by atoms with Crippen molar-refractivity contribution in [2.24, 2.45) is 0 Å².